The number of thiophene rings is 1. The molecule has 1 N–H and O–H groups in total. The molecule has 1 amide bonds. The Hall–Kier alpha value is -2.47. The number of hydrogen-bond acceptors (Lipinski definition) is 8. The molecule has 31 heavy (non-hydrogen) atoms. The summed E-state index contributed by atoms with van der Waals surface area (Å²) in [5.41, 5.74) is 0.600. The Balaban J connectivity index is 1.45. The predicted octanol–water partition coefficient (Wildman–Crippen LogP) is 3.50. The van der Waals surface area contributed by atoms with Crippen LogP contribution in [0.15, 0.2) is 45.0 Å². The normalized spacial score (nSPS) is 17.4. The first-order valence-corrected chi connectivity index (χ1v) is 12.0. The molecule has 0 saturated carbocycles. The first kappa shape index (κ1) is 21.8. The second-order valence-electron chi connectivity index (χ2n) is 6.86. The molecule has 0 bridgehead atoms. The minimum Gasteiger partial charge on any atom is -0.496 e. The van der Waals surface area contributed by atoms with Gasteiger partial charge >= 0.3 is 6.01 Å². The van der Waals surface area contributed by atoms with Gasteiger partial charge in [-0.25, -0.2) is 8.42 Å². The van der Waals surface area contributed by atoms with E-state index in [4.69, 9.17) is 20.8 Å². The molecular formula is C19H19ClN4O5S2. The van der Waals surface area contributed by atoms with Gasteiger partial charge in [0.1, 0.15) is 9.96 Å². The van der Waals surface area contributed by atoms with Crippen LogP contribution in [-0.2, 0) is 14.8 Å². The van der Waals surface area contributed by atoms with Gasteiger partial charge < -0.3 is 9.15 Å². The van der Waals surface area contributed by atoms with Crippen molar-refractivity contribution < 1.29 is 22.4 Å². The van der Waals surface area contributed by atoms with E-state index < -0.39 is 15.9 Å². The number of anilines is 1. The van der Waals surface area contributed by atoms with Crippen molar-refractivity contribution in [3.8, 4) is 17.2 Å². The van der Waals surface area contributed by atoms with Crippen molar-refractivity contribution in [1.82, 2.24) is 14.5 Å². The van der Waals surface area contributed by atoms with Crippen LogP contribution in [0, 0.1) is 5.92 Å². The number of methoxy groups -OCH3 is 1. The summed E-state index contributed by atoms with van der Waals surface area (Å²) in [5.74, 6) is -0.152. The van der Waals surface area contributed by atoms with Crippen molar-refractivity contribution in [1.29, 1.82) is 0 Å². The van der Waals surface area contributed by atoms with Crippen molar-refractivity contribution in [2.75, 3.05) is 25.5 Å². The lowest BCUT2D eigenvalue weighted by Gasteiger charge is -2.30. The predicted molar refractivity (Wildman–Crippen MR) is 116 cm³/mol. The number of nitrogens with one attached hydrogen (secondary N) is 1. The van der Waals surface area contributed by atoms with Crippen LogP contribution < -0.4 is 10.1 Å². The van der Waals surface area contributed by atoms with Gasteiger partial charge in [-0.05, 0) is 37.1 Å². The number of carbonyl (C=O) groups excluding carboxylic acids is 1. The number of halogens is 1. The highest BCUT2D eigenvalue weighted by molar-refractivity contribution is 7.91. The molecule has 4 rings (SSSR count). The highest BCUT2D eigenvalue weighted by Gasteiger charge is 2.34. The number of benzene rings is 1. The maximum atomic E-state index is 12.8. The average Bonchev–Trinajstić information content (AvgIpc) is 3.43. The summed E-state index contributed by atoms with van der Waals surface area (Å²) in [4.78, 5) is 12.7. The van der Waals surface area contributed by atoms with Gasteiger partial charge in [-0.2, -0.15) is 4.31 Å². The van der Waals surface area contributed by atoms with E-state index in [9.17, 15) is 13.2 Å². The Labute approximate surface area is 188 Å². The molecule has 2 aromatic heterocycles. The van der Waals surface area contributed by atoms with Crippen LogP contribution in [0.1, 0.15) is 12.8 Å². The first-order valence-electron chi connectivity index (χ1n) is 9.41. The van der Waals surface area contributed by atoms with Crippen LogP contribution in [0.3, 0.4) is 0 Å². The van der Waals surface area contributed by atoms with Crippen LogP contribution in [0.5, 0.6) is 5.75 Å². The van der Waals surface area contributed by atoms with Gasteiger partial charge in [0.15, 0.2) is 0 Å². The first-order chi connectivity index (χ1) is 14.9. The van der Waals surface area contributed by atoms with Crippen molar-refractivity contribution in [2.45, 2.75) is 17.1 Å². The van der Waals surface area contributed by atoms with E-state index in [-0.39, 0.29) is 28.6 Å². The average molecular weight is 483 g/mol. The van der Waals surface area contributed by atoms with E-state index in [2.05, 4.69) is 15.5 Å². The van der Waals surface area contributed by atoms with Gasteiger partial charge in [-0.3, -0.25) is 10.1 Å². The van der Waals surface area contributed by atoms with E-state index >= 15 is 0 Å². The molecule has 9 nitrogen and oxygen atoms in total. The highest BCUT2D eigenvalue weighted by Crippen LogP contribution is 2.32. The molecule has 1 saturated heterocycles. The molecule has 1 atom stereocenters. The van der Waals surface area contributed by atoms with Gasteiger partial charge in [0.05, 0.1) is 22.9 Å². The number of piperidine rings is 1. The molecule has 12 heteroatoms. The monoisotopic (exact) mass is 482 g/mol. The third-order valence-corrected chi connectivity index (χ3v) is 8.45. The topological polar surface area (TPSA) is 115 Å². The molecule has 0 spiro atoms. The SMILES string of the molecule is COc1ccccc1-c1nnc(NC(=O)C2CCCN(S(=O)(=O)c3ccc(Cl)s3)C2)o1. The lowest BCUT2D eigenvalue weighted by atomic mass is 9.99. The zero-order chi connectivity index (χ0) is 22.0. The maximum absolute atomic E-state index is 12.8. The summed E-state index contributed by atoms with van der Waals surface area (Å²) in [6.45, 7) is 0.414. The number of ether oxygens (including phenoxy) is 1. The molecule has 1 aliphatic rings. The molecule has 3 aromatic rings. The largest absolute Gasteiger partial charge is 0.496 e. The quantitative estimate of drug-likeness (QED) is 0.571. The van der Waals surface area contributed by atoms with Gasteiger partial charge in [-0.1, -0.05) is 28.8 Å². The number of aromatic nitrogens is 2. The number of sulfonamides is 1. The molecule has 1 aromatic carbocycles. The van der Waals surface area contributed by atoms with Crippen LogP contribution >= 0.6 is 22.9 Å². The Morgan fingerprint density at radius 1 is 1.29 bits per heavy atom. The van der Waals surface area contributed by atoms with Crippen LogP contribution in [0.25, 0.3) is 11.5 Å². The third kappa shape index (κ3) is 4.59. The molecular weight excluding hydrogens is 464 g/mol. The zero-order valence-electron chi connectivity index (χ0n) is 16.4. The molecule has 164 valence electrons. The Kier molecular flexibility index (Phi) is 6.28. The fourth-order valence-corrected chi connectivity index (χ4v) is 6.51. The molecule has 0 aliphatic carbocycles. The molecule has 3 heterocycles. The second kappa shape index (κ2) is 8.95. The van der Waals surface area contributed by atoms with E-state index in [1.54, 1.807) is 24.3 Å². The third-order valence-electron chi connectivity index (χ3n) is 4.89. The lowest BCUT2D eigenvalue weighted by Crippen LogP contribution is -2.43. The fourth-order valence-electron chi connectivity index (χ4n) is 3.35. The summed E-state index contributed by atoms with van der Waals surface area (Å²) in [7, 11) is -2.17. The highest BCUT2D eigenvalue weighted by atomic mass is 35.5. The van der Waals surface area contributed by atoms with Crippen molar-refractivity contribution in [3.05, 3.63) is 40.7 Å². The minimum atomic E-state index is -3.70. The summed E-state index contributed by atoms with van der Waals surface area (Å²) < 4.78 is 38.4. The molecule has 1 fully saturated rings. The number of amides is 1. The van der Waals surface area contributed by atoms with Gasteiger partial charge in [0.25, 0.3) is 15.9 Å². The van der Waals surface area contributed by atoms with Gasteiger partial charge in [0.2, 0.25) is 5.91 Å². The maximum Gasteiger partial charge on any atom is 0.322 e. The molecule has 1 aliphatic heterocycles. The number of nitrogens with zero attached hydrogens (tertiary/aromatic N) is 3. The summed E-state index contributed by atoms with van der Waals surface area (Å²) in [6.07, 6.45) is 1.11. The Bertz CT molecular complexity index is 1190. The zero-order valence-corrected chi connectivity index (χ0v) is 18.8. The Morgan fingerprint density at radius 2 is 2.10 bits per heavy atom. The van der Waals surface area contributed by atoms with Gasteiger partial charge in [0, 0.05) is 13.1 Å². The standard InChI is InChI=1S/C19H19ClN4O5S2/c1-28-14-7-3-2-6-13(14)18-22-23-19(29-18)21-17(25)12-5-4-10-24(11-12)31(26,27)16-9-8-15(20)30-16/h2-3,6-9,12H,4-5,10-11H2,1H3,(H,21,23,25). The Morgan fingerprint density at radius 3 is 2.84 bits per heavy atom. The van der Waals surface area contributed by atoms with E-state index in [0.717, 1.165) is 11.3 Å². The lowest BCUT2D eigenvalue weighted by molar-refractivity contribution is -0.121. The van der Waals surface area contributed by atoms with Gasteiger partial charge in [-0.15, -0.1) is 16.4 Å². The van der Waals surface area contributed by atoms with E-state index in [1.165, 1.54) is 17.5 Å². The van der Waals surface area contributed by atoms with Crippen LogP contribution in [-0.4, -0.2) is 49.0 Å². The number of rotatable bonds is 6. The fraction of sp³-hybridized carbons (Fsp3) is 0.316. The number of para-hydroxylation sites is 1. The smallest absolute Gasteiger partial charge is 0.322 e. The van der Waals surface area contributed by atoms with Crippen molar-refractivity contribution >= 4 is 44.9 Å². The summed E-state index contributed by atoms with van der Waals surface area (Å²) in [6, 6.07) is 10.1. The number of hydrogen-bond donors (Lipinski definition) is 1. The number of carbonyl (C=O) groups is 1. The summed E-state index contributed by atoms with van der Waals surface area (Å²) >= 11 is 6.88. The van der Waals surface area contributed by atoms with Crippen LogP contribution in [0.4, 0.5) is 6.01 Å². The van der Waals surface area contributed by atoms with Crippen molar-refractivity contribution in [2.24, 2.45) is 5.92 Å². The van der Waals surface area contributed by atoms with Crippen LogP contribution in [0.2, 0.25) is 4.34 Å². The molecule has 1 unspecified atom stereocenters. The summed E-state index contributed by atoms with van der Waals surface area (Å²) in [5, 5.41) is 10.4. The van der Waals surface area contributed by atoms with Crippen molar-refractivity contribution in [3.63, 3.8) is 0 Å². The second-order valence-corrected chi connectivity index (χ2v) is 10.7. The minimum absolute atomic E-state index is 0.0593. The van der Waals surface area contributed by atoms with E-state index in [0.29, 0.717) is 35.0 Å². The molecule has 0 radical (unpaired) electrons. The van der Waals surface area contributed by atoms with E-state index in [1.807, 2.05) is 6.07 Å².